The van der Waals surface area contributed by atoms with Gasteiger partial charge in [0, 0.05) is 11.4 Å². The van der Waals surface area contributed by atoms with Crippen LogP contribution in [0.4, 0.5) is 17.1 Å². The summed E-state index contributed by atoms with van der Waals surface area (Å²) < 4.78 is 0. The molecular formula is C33H49N3O8. The maximum absolute atomic E-state index is 11.0. The van der Waals surface area contributed by atoms with Gasteiger partial charge in [-0.05, 0) is 48.9 Å². The average molecular weight is 616 g/mol. The molecule has 0 fully saturated rings. The van der Waals surface area contributed by atoms with Crippen molar-refractivity contribution in [3.63, 3.8) is 0 Å². The number of nitrogens with two attached hydrogens (primary N) is 1. The van der Waals surface area contributed by atoms with Crippen molar-refractivity contribution in [3.05, 3.63) is 95.1 Å². The molecule has 44 heavy (non-hydrogen) atoms. The van der Waals surface area contributed by atoms with Gasteiger partial charge >= 0.3 is 11.9 Å². The molecule has 5 rings (SSSR count). The zero-order chi connectivity index (χ0) is 31.5. The zero-order valence-corrected chi connectivity index (χ0v) is 25.7. The molecule has 10 N–H and O–H groups in total. The van der Waals surface area contributed by atoms with Crippen LogP contribution in [-0.2, 0) is 9.59 Å². The summed E-state index contributed by atoms with van der Waals surface area (Å²) in [6, 6.07) is 20.7. The molecule has 2 aliphatic rings. The normalized spacial score (nSPS) is 12.2. The van der Waals surface area contributed by atoms with Crippen molar-refractivity contribution >= 4 is 46.8 Å². The van der Waals surface area contributed by atoms with Gasteiger partial charge in [-0.25, -0.2) is 9.59 Å². The van der Waals surface area contributed by atoms with Crippen molar-refractivity contribution in [2.75, 3.05) is 16.4 Å². The number of carbonyl (C=O) groups excluding carboxylic acids is 2. The molecule has 0 aliphatic carbocycles. The topological polar surface area (TPSA) is 222 Å². The summed E-state index contributed by atoms with van der Waals surface area (Å²) in [4.78, 5) is 43.0. The minimum Gasteiger partial charge on any atom is -0.478 e. The van der Waals surface area contributed by atoms with Crippen LogP contribution in [0.3, 0.4) is 0 Å². The molecule has 0 bridgehead atoms. The number of aromatic carboxylic acids is 1. The van der Waals surface area contributed by atoms with Crippen molar-refractivity contribution in [2.24, 2.45) is 0 Å². The SMILES string of the molecule is C.CC.CC.CC.CC1Nc2ccccc2C=C1C(=O)O.Nc1ccccc1C(=O)O.O.O.O=C1Nc2ccccc2C1=O. The van der Waals surface area contributed by atoms with Gasteiger partial charge in [-0.2, -0.15) is 0 Å². The van der Waals surface area contributed by atoms with E-state index in [1.165, 1.54) is 6.07 Å². The van der Waals surface area contributed by atoms with E-state index in [1.54, 1.807) is 48.5 Å². The fourth-order valence-corrected chi connectivity index (χ4v) is 3.39. The number of nitrogen functional groups attached to an aromatic ring is 1. The molecule has 0 radical (unpaired) electrons. The van der Waals surface area contributed by atoms with Crippen molar-refractivity contribution in [1.29, 1.82) is 0 Å². The molecule has 1 atom stereocenters. The molecule has 1 amide bonds. The molecule has 244 valence electrons. The summed E-state index contributed by atoms with van der Waals surface area (Å²) in [7, 11) is 0. The number of ketones is 1. The Bertz CT molecular complexity index is 1340. The number of carbonyl (C=O) groups is 4. The first-order chi connectivity index (χ1) is 19.7. The van der Waals surface area contributed by atoms with E-state index in [0.717, 1.165) is 11.3 Å². The molecule has 0 saturated carbocycles. The number of fused-ring (bicyclic) bond motifs is 2. The van der Waals surface area contributed by atoms with Gasteiger partial charge < -0.3 is 37.5 Å². The number of anilines is 3. The Balaban J connectivity index is -0.000000246. The van der Waals surface area contributed by atoms with Gasteiger partial charge in [-0.15, -0.1) is 0 Å². The minimum atomic E-state index is -0.988. The maximum Gasteiger partial charge on any atom is 0.337 e. The minimum absolute atomic E-state index is 0. The molecule has 0 spiro atoms. The summed E-state index contributed by atoms with van der Waals surface area (Å²) in [6.45, 7) is 13.8. The van der Waals surface area contributed by atoms with Gasteiger partial charge in [0.2, 0.25) is 0 Å². The number of nitrogens with one attached hydrogen (secondary N) is 2. The van der Waals surface area contributed by atoms with E-state index >= 15 is 0 Å². The average Bonchev–Trinajstić information content (AvgIpc) is 3.29. The van der Waals surface area contributed by atoms with Gasteiger partial charge in [-0.3, -0.25) is 9.59 Å². The van der Waals surface area contributed by atoms with Crippen LogP contribution in [0.25, 0.3) is 6.08 Å². The van der Waals surface area contributed by atoms with E-state index in [0.29, 0.717) is 22.5 Å². The van der Waals surface area contributed by atoms with Gasteiger partial charge in [0.05, 0.1) is 28.4 Å². The number of benzene rings is 3. The molecule has 2 heterocycles. The second-order valence-electron chi connectivity index (χ2n) is 7.58. The van der Waals surface area contributed by atoms with Gasteiger partial charge in [-0.1, -0.05) is 91.4 Å². The number of Topliss-reactive ketones (excluding diaryl/α,β-unsaturated/α-hetero) is 1. The smallest absolute Gasteiger partial charge is 0.337 e. The molecule has 0 aromatic heterocycles. The van der Waals surface area contributed by atoms with Crippen molar-refractivity contribution in [2.45, 2.75) is 61.9 Å². The third-order valence-corrected chi connectivity index (χ3v) is 5.17. The molecule has 3 aromatic carbocycles. The third kappa shape index (κ3) is 13.3. The van der Waals surface area contributed by atoms with E-state index in [9.17, 15) is 19.2 Å². The van der Waals surface area contributed by atoms with E-state index in [2.05, 4.69) is 10.6 Å². The first-order valence-corrected chi connectivity index (χ1v) is 13.5. The van der Waals surface area contributed by atoms with Gasteiger partial charge in [0.25, 0.3) is 11.7 Å². The second-order valence-corrected chi connectivity index (χ2v) is 7.58. The monoisotopic (exact) mass is 615 g/mol. The van der Waals surface area contributed by atoms with Crippen LogP contribution < -0.4 is 16.4 Å². The summed E-state index contributed by atoms with van der Waals surface area (Å²) in [5.41, 5.74) is 9.21. The van der Waals surface area contributed by atoms with Crippen LogP contribution in [0.15, 0.2) is 78.4 Å². The van der Waals surface area contributed by atoms with Crippen LogP contribution >= 0.6 is 0 Å². The lowest BCUT2D eigenvalue weighted by atomic mass is 9.99. The van der Waals surface area contributed by atoms with Crippen LogP contribution in [0, 0.1) is 0 Å². The number of para-hydroxylation sites is 3. The quantitative estimate of drug-likeness (QED) is 0.174. The Labute approximate surface area is 260 Å². The Morgan fingerprint density at radius 2 is 1.20 bits per heavy atom. The van der Waals surface area contributed by atoms with Crippen LogP contribution in [0.2, 0.25) is 0 Å². The molecule has 2 aliphatic heterocycles. The first kappa shape index (κ1) is 46.0. The summed E-state index contributed by atoms with van der Waals surface area (Å²) >= 11 is 0. The van der Waals surface area contributed by atoms with E-state index in [4.69, 9.17) is 15.9 Å². The Morgan fingerprint density at radius 3 is 1.68 bits per heavy atom. The first-order valence-electron chi connectivity index (χ1n) is 13.5. The molecule has 11 nitrogen and oxygen atoms in total. The molecule has 0 saturated heterocycles. The van der Waals surface area contributed by atoms with Crippen molar-refractivity contribution < 1.29 is 40.3 Å². The highest BCUT2D eigenvalue weighted by molar-refractivity contribution is 6.51. The summed E-state index contributed by atoms with van der Waals surface area (Å²) in [5.74, 6) is -2.83. The Kier molecular flexibility index (Phi) is 25.7. The highest BCUT2D eigenvalue weighted by atomic mass is 16.4. The van der Waals surface area contributed by atoms with Crippen molar-refractivity contribution in [3.8, 4) is 0 Å². The molecule has 3 aromatic rings. The second kappa shape index (κ2) is 24.6. The standard InChI is InChI=1S/C11H11NO2.C8H5NO2.C7H7NO2.3C2H6.CH4.2H2O/c1-7-9(11(13)14)6-8-4-2-3-5-10(8)12-7;10-7-5-3-1-2-4-6(5)9-8(7)11;8-6-4-2-1-3-5(6)7(9)10;3*1-2;;;/h2-7,12H,1H3,(H,13,14);1-4H,(H,9,10,11);1-4H,8H2,(H,9,10);3*1-2H3;1H4;2*1H2. The Morgan fingerprint density at radius 1 is 0.727 bits per heavy atom. The number of carboxylic acids is 2. The number of amides is 1. The lowest BCUT2D eigenvalue weighted by Gasteiger charge is -2.22. The molecule has 1 unspecified atom stereocenters. The fraction of sp³-hybridized carbons (Fsp3) is 0.273. The van der Waals surface area contributed by atoms with E-state index in [-0.39, 0.29) is 30.0 Å². The molecule has 11 heteroatoms. The Hall–Kier alpha value is -5.00. The van der Waals surface area contributed by atoms with E-state index in [1.807, 2.05) is 72.7 Å². The maximum atomic E-state index is 11.0. The number of carboxylic acid groups (broad SMARTS) is 2. The van der Waals surface area contributed by atoms with Crippen molar-refractivity contribution in [1.82, 2.24) is 0 Å². The van der Waals surface area contributed by atoms with Crippen LogP contribution in [0.1, 0.15) is 82.2 Å². The third-order valence-electron chi connectivity index (χ3n) is 5.17. The summed E-state index contributed by atoms with van der Waals surface area (Å²) in [5, 5.41) is 23.0. The van der Waals surface area contributed by atoms with Crippen LogP contribution in [0.5, 0.6) is 0 Å². The largest absolute Gasteiger partial charge is 0.478 e. The van der Waals surface area contributed by atoms with E-state index < -0.39 is 23.6 Å². The predicted octanol–water partition coefficient (Wildman–Crippen LogP) is 5.82. The molecular weight excluding hydrogens is 566 g/mol. The predicted molar refractivity (Wildman–Crippen MR) is 180 cm³/mol. The highest BCUT2D eigenvalue weighted by Crippen LogP contribution is 2.26. The number of rotatable bonds is 2. The fourth-order valence-electron chi connectivity index (χ4n) is 3.39. The lowest BCUT2D eigenvalue weighted by molar-refractivity contribution is -0.132. The number of hydrogen-bond acceptors (Lipinski definition) is 6. The number of hydrogen-bond donors (Lipinski definition) is 5. The highest BCUT2D eigenvalue weighted by Gasteiger charge is 2.26. The van der Waals surface area contributed by atoms with Crippen LogP contribution in [-0.4, -0.2) is 50.8 Å². The summed E-state index contributed by atoms with van der Waals surface area (Å²) in [6.07, 6.45) is 1.72. The zero-order valence-electron chi connectivity index (χ0n) is 25.7. The number of aliphatic carboxylic acids is 1. The van der Waals surface area contributed by atoms with Gasteiger partial charge in [0.15, 0.2) is 0 Å². The lowest BCUT2D eigenvalue weighted by Crippen LogP contribution is -2.26. The van der Waals surface area contributed by atoms with Gasteiger partial charge in [0.1, 0.15) is 0 Å².